The van der Waals surface area contributed by atoms with Gasteiger partial charge in [-0.15, -0.1) is 11.8 Å². The van der Waals surface area contributed by atoms with Gasteiger partial charge in [-0.2, -0.15) is 0 Å². The van der Waals surface area contributed by atoms with Gasteiger partial charge in [0.15, 0.2) is 0 Å². The van der Waals surface area contributed by atoms with Gasteiger partial charge in [0, 0.05) is 16.3 Å². The molecule has 0 fully saturated rings. The van der Waals surface area contributed by atoms with Crippen LogP contribution in [-0.2, 0) is 19.6 Å². The Morgan fingerprint density at radius 2 is 1.37 bits per heavy atom. The van der Waals surface area contributed by atoms with Crippen molar-refractivity contribution in [2.24, 2.45) is 0 Å². The zero-order valence-electron chi connectivity index (χ0n) is 20.5. The Hall–Kier alpha value is -4.08. The summed E-state index contributed by atoms with van der Waals surface area (Å²) in [5.74, 6) is -0.656. The van der Waals surface area contributed by atoms with Gasteiger partial charge in [-0.1, -0.05) is 48.5 Å². The first-order valence-corrected chi connectivity index (χ1v) is 14.2. The number of carbonyl (C=O) groups is 2. The first-order valence-electron chi connectivity index (χ1n) is 11.8. The molecule has 0 aliphatic carbocycles. The van der Waals surface area contributed by atoms with Crippen molar-refractivity contribution in [3.8, 4) is 0 Å². The smallest absolute Gasteiger partial charge is 0.338 e. The Bertz CT molecular complexity index is 1480. The van der Waals surface area contributed by atoms with Gasteiger partial charge in [0.25, 0.3) is 10.0 Å². The summed E-state index contributed by atoms with van der Waals surface area (Å²) in [4.78, 5) is 26.2. The van der Waals surface area contributed by atoms with Crippen LogP contribution in [0.3, 0.4) is 0 Å². The molecule has 0 spiro atoms. The number of carbonyl (C=O) groups excluding carboxylic acids is 2. The number of hydrogen-bond acceptors (Lipinski definition) is 6. The fourth-order valence-electron chi connectivity index (χ4n) is 3.56. The Balaban J connectivity index is 1.48. The molecule has 1 unspecified atom stereocenters. The standard InChI is InChI=1S/C29H26N2O5S2/c1-2-36-29(33)22-13-15-23(16-14-22)30-28(32)27(21-9-5-3-6-10-21)37-25-19-17-24(18-20-25)31-38(34,35)26-11-7-4-8-12-26/h3-20,27,31H,2H2,1H3,(H,30,32). The van der Waals surface area contributed by atoms with Crippen LogP contribution in [0, 0.1) is 0 Å². The molecule has 0 aliphatic rings. The highest BCUT2D eigenvalue weighted by Gasteiger charge is 2.23. The summed E-state index contributed by atoms with van der Waals surface area (Å²) in [6.07, 6.45) is 0. The minimum Gasteiger partial charge on any atom is -0.462 e. The number of ether oxygens (including phenoxy) is 1. The summed E-state index contributed by atoms with van der Waals surface area (Å²) in [6.45, 7) is 2.03. The first kappa shape index (κ1) is 27.0. The molecule has 0 aromatic heterocycles. The molecule has 0 radical (unpaired) electrons. The summed E-state index contributed by atoms with van der Waals surface area (Å²) < 4.78 is 32.8. The number of nitrogens with one attached hydrogen (secondary N) is 2. The summed E-state index contributed by atoms with van der Waals surface area (Å²) in [7, 11) is -3.70. The monoisotopic (exact) mass is 546 g/mol. The topological polar surface area (TPSA) is 102 Å². The van der Waals surface area contributed by atoms with Crippen LogP contribution < -0.4 is 10.0 Å². The van der Waals surface area contributed by atoms with E-state index in [-0.39, 0.29) is 17.4 Å². The second-order valence-electron chi connectivity index (χ2n) is 8.14. The zero-order valence-corrected chi connectivity index (χ0v) is 22.2. The molecule has 0 bridgehead atoms. The number of amides is 1. The van der Waals surface area contributed by atoms with Crippen LogP contribution >= 0.6 is 11.8 Å². The van der Waals surface area contributed by atoms with Crippen molar-refractivity contribution in [2.75, 3.05) is 16.6 Å². The Labute approximate surface area is 226 Å². The lowest BCUT2D eigenvalue weighted by Crippen LogP contribution is -2.19. The van der Waals surface area contributed by atoms with Gasteiger partial charge in [-0.25, -0.2) is 13.2 Å². The van der Waals surface area contributed by atoms with Crippen LogP contribution in [0.15, 0.2) is 119 Å². The SMILES string of the molecule is CCOC(=O)c1ccc(NC(=O)C(Sc2ccc(NS(=O)(=O)c3ccccc3)cc2)c2ccccc2)cc1. The number of benzene rings is 4. The summed E-state index contributed by atoms with van der Waals surface area (Å²) in [5.41, 5.74) is 2.18. The van der Waals surface area contributed by atoms with E-state index in [1.54, 1.807) is 73.7 Å². The molecule has 4 aromatic rings. The Kier molecular flexibility index (Phi) is 8.83. The maximum absolute atomic E-state index is 13.3. The Morgan fingerprint density at radius 1 is 0.789 bits per heavy atom. The maximum Gasteiger partial charge on any atom is 0.338 e. The lowest BCUT2D eigenvalue weighted by Gasteiger charge is -2.17. The number of thioether (sulfide) groups is 1. The third-order valence-electron chi connectivity index (χ3n) is 5.42. The van der Waals surface area contributed by atoms with E-state index in [0.29, 0.717) is 16.9 Å². The molecule has 2 N–H and O–H groups in total. The van der Waals surface area contributed by atoms with E-state index in [9.17, 15) is 18.0 Å². The van der Waals surface area contributed by atoms with Crippen LogP contribution in [0.1, 0.15) is 28.1 Å². The highest BCUT2D eigenvalue weighted by molar-refractivity contribution is 8.00. The zero-order chi connectivity index (χ0) is 27.0. The Morgan fingerprint density at radius 3 is 1.97 bits per heavy atom. The molecule has 0 saturated carbocycles. The molecule has 0 aliphatic heterocycles. The molecular weight excluding hydrogens is 520 g/mol. The molecule has 0 heterocycles. The van der Waals surface area contributed by atoms with Crippen LogP contribution in [-0.4, -0.2) is 26.9 Å². The molecule has 0 saturated heterocycles. The van der Waals surface area contributed by atoms with E-state index in [0.717, 1.165) is 10.5 Å². The van der Waals surface area contributed by atoms with Gasteiger partial charge in [0.2, 0.25) is 5.91 Å². The van der Waals surface area contributed by atoms with Crippen molar-refractivity contribution >= 4 is 45.0 Å². The number of rotatable bonds is 10. The number of sulfonamides is 1. The van der Waals surface area contributed by atoms with E-state index < -0.39 is 21.2 Å². The van der Waals surface area contributed by atoms with E-state index in [1.807, 2.05) is 30.3 Å². The highest BCUT2D eigenvalue weighted by Crippen LogP contribution is 2.37. The lowest BCUT2D eigenvalue weighted by molar-refractivity contribution is -0.115. The van der Waals surface area contributed by atoms with Gasteiger partial charge in [-0.3, -0.25) is 9.52 Å². The summed E-state index contributed by atoms with van der Waals surface area (Å²) in [6, 6.07) is 30.9. The van der Waals surface area contributed by atoms with Crippen molar-refractivity contribution in [3.05, 3.63) is 120 Å². The average molecular weight is 547 g/mol. The third kappa shape index (κ3) is 7.02. The van der Waals surface area contributed by atoms with Gasteiger partial charge < -0.3 is 10.1 Å². The molecule has 1 atom stereocenters. The number of hydrogen-bond donors (Lipinski definition) is 2. The number of esters is 1. The molecule has 9 heteroatoms. The molecule has 7 nitrogen and oxygen atoms in total. The van der Waals surface area contributed by atoms with E-state index >= 15 is 0 Å². The predicted octanol–water partition coefficient (Wildman–Crippen LogP) is 6.14. The van der Waals surface area contributed by atoms with E-state index in [1.165, 1.54) is 23.9 Å². The van der Waals surface area contributed by atoms with Crippen LogP contribution in [0.5, 0.6) is 0 Å². The van der Waals surface area contributed by atoms with E-state index in [2.05, 4.69) is 10.0 Å². The van der Waals surface area contributed by atoms with Crippen LogP contribution in [0.4, 0.5) is 11.4 Å². The van der Waals surface area contributed by atoms with E-state index in [4.69, 9.17) is 4.74 Å². The second kappa shape index (κ2) is 12.4. The van der Waals surface area contributed by atoms with Gasteiger partial charge in [0.1, 0.15) is 5.25 Å². The minimum atomic E-state index is -3.70. The van der Waals surface area contributed by atoms with Crippen molar-refractivity contribution < 1.29 is 22.7 Å². The molecular formula is C29H26N2O5S2. The van der Waals surface area contributed by atoms with Crippen molar-refractivity contribution in [1.82, 2.24) is 0 Å². The predicted molar refractivity (Wildman–Crippen MR) is 150 cm³/mol. The van der Waals surface area contributed by atoms with Gasteiger partial charge in [-0.05, 0) is 73.2 Å². The molecule has 194 valence electrons. The average Bonchev–Trinajstić information content (AvgIpc) is 2.94. The number of anilines is 2. The maximum atomic E-state index is 13.3. The first-order chi connectivity index (χ1) is 18.4. The molecule has 4 rings (SSSR count). The quantitative estimate of drug-likeness (QED) is 0.183. The molecule has 4 aromatic carbocycles. The van der Waals surface area contributed by atoms with Crippen LogP contribution in [0.25, 0.3) is 0 Å². The lowest BCUT2D eigenvalue weighted by atomic mass is 10.1. The molecule has 1 amide bonds. The fourth-order valence-corrected chi connectivity index (χ4v) is 5.67. The highest BCUT2D eigenvalue weighted by atomic mass is 32.2. The van der Waals surface area contributed by atoms with Crippen molar-refractivity contribution in [3.63, 3.8) is 0 Å². The minimum absolute atomic E-state index is 0.176. The molecule has 38 heavy (non-hydrogen) atoms. The van der Waals surface area contributed by atoms with Crippen molar-refractivity contribution in [2.45, 2.75) is 22.0 Å². The normalized spacial score (nSPS) is 11.8. The largest absolute Gasteiger partial charge is 0.462 e. The van der Waals surface area contributed by atoms with Gasteiger partial charge >= 0.3 is 5.97 Å². The third-order valence-corrected chi connectivity index (χ3v) is 8.08. The second-order valence-corrected chi connectivity index (χ2v) is 11.0. The van der Waals surface area contributed by atoms with Crippen molar-refractivity contribution in [1.29, 1.82) is 0 Å². The summed E-state index contributed by atoms with van der Waals surface area (Å²) in [5, 5.41) is 2.34. The van der Waals surface area contributed by atoms with Gasteiger partial charge in [0.05, 0.1) is 17.1 Å². The fraction of sp³-hybridized carbons (Fsp3) is 0.103. The summed E-state index contributed by atoms with van der Waals surface area (Å²) >= 11 is 1.34. The van der Waals surface area contributed by atoms with Crippen LogP contribution in [0.2, 0.25) is 0 Å².